The Balaban J connectivity index is 2.14. The number of hydrogen-bond acceptors (Lipinski definition) is 7. The van der Waals surface area contributed by atoms with Crippen molar-refractivity contribution < 1.29 is 22.0 Å². The first-order valence-electron chi connectivity index (χ1n) is 9.21. The van der Waals surface area contributed by atoms with Gasteiger partial charge in [-0.25, -0.2) is 27.7 Å². The Morgan fingerprint density at radius 2 is 2.03 bits per heavy atom. The maximum Gasteiger partial charge on any atom is 0.434 e. The van der Waals surface area contributed by atoms with Crippen molar-refractivity contribution in [2.45, 2.75) is 37.8 Å². The third-order valence-corrected chi connectivity index (χ3v) is 6.86. The highest BCUT2D eigenvalue weighted by molar-refractivity contribution is 9.10. The monoisotopic (exact) mass is 527 g/mol. The molecule has 1 aromatic carbocycles. The minimum atomic E-state index is -4.50. The molecule has 4 N–H and O–H groups in total. The number of aromatic nitrogens is 3. The zero-order valence-electron chi connectivity index (χ0n) is 17.1. The van der Waals surface area contributed by atoms with Gasteiger partial charge in [-0.2, -0.15) is 4.72 Å². The van der Waals surface area contributed by atoms with Crippen LogP contribution in [-0.4, -0.2) is 29.5 Å². The molecule has 10 nitrogen and oxygen atoms in total. The second kappa shape index (κ2) is 8.92. The van der Waals surface area contributed by atoms with Gasteiger partial charge in [0.25, 0.3) is 15.9 Å². The maximum atomic E-state index is 14.8. The van der Waals surface area contributed by atoms with Crippen molar-refractivity contribution in [3.05, 3.63) is 73.4 Å². The number of carbonyl (C=O) groups excluding carboxylic acids is 1. The summed E-state index contributed by atoms with van der Waals surface area (Å²) in [5.41, 5.74) is 6.54. The van der Waals surface area contributed by atoms with Gasteiger partial charge in [0.2, 0.25) is 5.89 Å². The van der Waals surface area contributed by atoms with Crippen molar-refractivity contribution >= 4 is 31.9 Å². The summed E-state index contributed by atoms with van der Waals surface area (Å²) in [6.45, 7) is 5.03. The number of primary amides is 1. The number of carbonyl (C=O) groups is 1. The third kappa shape index (κ3) is 4.64. The first-order valence-corrected chi connectivity index (χ1v) is 11.5. The van der Waals surface area contributed by atoms with Crippen LogP contribution in [0.3, 0.4) is 0 Å². The molecule has 2 unspecified atom stereocenters. The van der Waals surface area contributed by atoms with E-state index in [1.807, 2.05) is 0 Å². The Bertz CT molecular complexity index is 1350. The van der Waals surface area contributed by atoms with Crippen LogP contribution < -0.4 is 16.2 Å². The number of H-pyrrole nitrogens is 1. The highest BCUT2D eigenvalue weighted by Gasteiger charge is 2.35. The van der Waals surface area contributed by atoms with Crippen molar-refractivity contribution in [1.29, 1.82) is 0 Å². The van der Waals surface area contributed by atoms with Crippen molar-refractivity contribution in [1.82, 2.24) is 19.9 Å². The van der Waals surface area contributed by atoms with Crippen molar-refractivity contribution in [2.24, 2.45) is 5.73 Å². The number of amides is 1. The molecule has 0 bridgehead atoms. The van der Waals surface area contributed by atoms with Crippen LogP contribution in [0, 0.1) is 19.7 Å². The topological polar surface area (TPSA) is 161 Å². The number of rotatable bonds is 7. The summed E-state index contributed by atoms with van der Waals surface area (Å²) in [6.07, 6.45) is 1.18. The molecule has 32 heavy (non-hydrogen) atoms. The molecule has 0 aliphatic carbocycles. The zero-order chi connectivity index (χ0) is 23.8. The number of halogens is 2. The van der Waals surface area contributed by atoms with Crippen molar-refractivity contribution in [2.75, 3.05) is 0 Å². The molecule has 0 saturated heterocycles. The SMILES string of the molecule is Cc1ccc(F)c(C(C)C(NS(=O)(=O)c2ncc(Br)cc2C(N)=O)c2n[nH]c(=O)o2)c1C. The molecule has 0 aliphatic rings. The number of nitrogens with two attached hydrogens (primary N) is 1. The van der Waals surface area contributed by atoms with Crippen LogP contribution in [0.2, 0.25) is 0 Å². The van der Waals surface area contributed by atoms with Crippen LogP contribution in [0.1, 0.15) is 51.8 Å². The van der Waals surface area contributed by atoms with Gasteiger partial charge in [-0.15, -0.1) is 5.10 Å². The van der Waals surface area contributed by atoms with E-state index in [0.717, 1.165) is 5.56 Å². The summed E-state index contributed by atoms with van der Waals surface area (Å²) in [6, 6.07) is 2.75. The van der Waals surface area contributed by atoms with Gasteiger partial charge in [-0.3, -0.25) is 4.79 Å². The molecule has 3 aromatic rings. The smallest absolute Gasteiger partial charge is 0.391 e. The minimum absolute atomic E-state index is 0.210. The van der Waals surface area contributed by atoms with Crippen molar-refractivity contribution in [3.8, 4) is 0 Å². The normalized spacial score (nSPS) is 13.7. The van der Waals surface area contributed by atoms with Crippen LogP contribution in [0.15, 0.2) is 43.1 Å². The Kier molecular flexibility index (Phi) is 6.62. The number of benzene rings is 1. The summed E-state index contributed by atoms with van der Waals surface area (Å²) in [5.74, 6) is -3.69. The quantitative estimate of drug-likeness (QED) is 0.424. The molecule has 2 heterocycles. The highest BCUT2D eigenvalue weighted by atomic mass is 79.9. The number of pyridine rings is 1. The van der Waals surface area contributed by atoms with E-state index in [1.54, 1.807) is 26.8 Å². The Hall–Kier alpha value is -2.90. The Morgan fingerprint density at radius 1 is 1.34 bits per heavy atom. The maximum absolute atomic E-state index is 14.8. The largest absolute Gasteiger partial charge is 0.434 e. The number of aryl methyl sites for hydroxylation is 1. The average Bonchev–Trinajstić information content (AvgIpc) is 3.15. The lowest BCUT2D eigenvalue weighted by Crippen LogP contribution is -2.34. The van der Waals surface area contributed by atoms with Gasteiger partial charge in [0.15, 0.2) is 5.03 Å². The third-order valence-electron chi connectivity index (χ3n) is 5.03. The van der Waals surface area contributed by atoms with Crippen LogP contribution in [0.4, 0.5) is 4.39 Å². The molecule has 0 saturated carbocycles. The van der Waals surface area contributed by atoms with Gasteiger partial charge in [0, 0.05) is 16.6 Å². The first-order chi connectivity index (χ1) is 14.9. The summed E-state index contributed by atoms with van der Waals surface area (Å²) in [7, 11) is -4.50. The van der Waals surface area contributed by atoms with Crippen LogP contribution >= 0.6 is 15.9 Å². The van der Waals surface area contributed by atoms with Crippen LogP contribution in [-0.2, 0) is 10.0 Å². The van der Waals surface area contributed by atoms with E-state index >= 15 is 0 Å². The number of hydrogen-bond donors (Lipinski definition) is 3. The predicted octanol–water partition coefficient (Wildman–Crippen LogP) is 2.20. The predicted molar refractivity (Wildman–Crippen MR) is 115 cm³/mol. The number of nitrogens with one attached hydrogen (secondary N) is 2. The molecule has 2 atom stereocenters. The van der Waals surface area contributed by atoms with Crippen LogP contribution in [0.25, 0.3) is 0 Å². The standard InChI is InChI=1S/C19H19BrFN5O5S/c1-8-4-5-13(21)14(9(8)2)10(3)15(17-24-25-19(28)31-17)26-32(29,30)18-12(16(22)27)6-11(20)7-23-18/h4-7,10,15,26H,1-3H3,(H2,22,27)(H,25,28). The van der Waals surface area contributed by atoms with Crippen molar-refractivity contribution in [3.63, 3.8) is 0 Å². The van der Waals surface area contributed by atoms with Gasteiger partial charge < -0.3 is 10.2 Å². The molecular formula is C19H19BrFN5O5S. The van der Waals surface area contributed by atoms with Crippen LogP contribution in [0.5, 0.6) is 0 Å². The van der Waals surface area contributed by atoms with E-state index in [0.29, 0.717) is 10.0 Å². The molecule has 1 amide bonds. The fourth-order valence-corrected chi connectivity index (χ4v) is 5.03. The average molecular weight is 528 g/mol. The lowest BCUT2D eigenvalue weighted by Gasteiger charge is -2.25. The second-order valence-electron chi connectivity index (χ2n) is 7.11. The molecule has 2 aromatic heterocycles. The number of aromatic amines is 1. The van der Waals surface area contributed by atoms with E-state index < -0.39 is 44.5 Å². The molecule has 13 heteroatoms. The summed E-state index contributed by atoms with van der Waals surface area (Å²) in [5, 5.41) is 5.15. The second-order valence-corrected chi connectivity index (χ2v) is 9.66. The molecule has 170 valence electrons. The summed E-state index contributed by atoms with van der Waals surface area (Å²) >= 11 is 3.11. The summed E-state index contributed by atoms with van der Waals surface area (Å²) in [4.78, 5) is 27.2. The molecule has 0 spiro atoms. The highest BCUT2D eigenvalue weighted by Crippen LogP contribution is 2.35. The molecule has 0 aliphatic heterocycles. The molecule has 3 rings (SSSR count). The first kappa shape index (κ1) is 23.8. The van der Waals surface area contributed by atoms with Gasteiger partial charge >= 0.3 is 5.76 Å². The van der Waals surface area contributed by atoms with Gasteiger partial charge in [-0.1, -0.05) is 13.0 Å². The molecule has 0 radical (unpaired) electrons. The van der Waals surface area contributed by atoms with E-state index in [2.05, 4.69) is 35.8 Å². The lowest BCUT2D eigenvalue weighted by atomic mass is 9.88. The van der Waals surface area contributed by atoms with Gasteiger partial charge in [0.05, 0.1) is 5.56 Å². The Morgan fingerprint density at radius 3 is 2.62 bits per heavy atom. The van der Waals surface area contributed by atoms with E-state index in [-0.39, 0.29) is 17.0 Å². The van der Waals surface area contributed by atoms with E-state index in [1.165, 1.54) is 18.3 Å². The lowest BCUT2D eigenvalue weighted by molar-refractivity contribution is 0.0996. The summed E-state index contributed by atoms with van der Waals surface area (Å²) < 4.78 is 48.8. The molecular weight excluding hydrogens is 509 g/mol. The van der Waals surface area contributed by atoms with E-state index in [4.69, 9.17) is 10.2 Å². The van der Waals surface area contributed by atoms with E-state index in [9.17, 15) is 22.4 Å². The zero-order valence-corrected chi connectivity index (χ0v) is 19.5. The molecule has 0 fully saturated rings. The fraction of sp³-hybridized carbons (Fsp3) is 0.263. The number of nitrogens with zero attached hydrogens (tertiary/aromatic N) is 2. The number of sulfonamides is 1. The fourth-order valence-electron chi connectivity index (χ4n) is 3.31. The van der Waals surface area contributed by atoms with Gasteiger partial charge in [0.1, 0.15) is 11.9 Å². The Labute approximate surface area is 190 Å². The van der Waals surface area contributed by atoms with Gasteiger partial charge in [-0.05, 0) is 58.6 Å². The minimum Gasteiger partial charge on any atom is -0.391 e.